The zero-order valence-electron chi connectivity index (χ0n) is 15.7. The Kier molecular flexibility index (Phi) is 4.28. The third kappa shape index (κ3) is 3.08. The summed E-state index contributed by atoms with van der Waals surface area (Å²) >= 11 is 0. The molecule has 1 atom stereocenters. The quantitative estimate of drug-likeness (QED) is 0.732. The highest BCUT2D eigenvalue weighted by atomic mass is 32.2. The number of carbonyl (C=O) groups is 1. The number of nitrogens with two attached hydrogens (primary N) is 1. The molecule has 1 aromatic carbocycles. The number of rotatable bonds is 3. The molecule has 2 N–H and O–H groups in total. The summed E-state index contributed by atoms with van der Waals surface area (Å²) < 4.78 is 25.4. The van der Waals surface area contributed by atoms with Crippen LogP contribution in [0.3, 0.4) is 0 Å². The molecule has 1 unspecified atom stereocenters. The molecule has 1 saturated heterocycles. The molecule has 7 nitrogen and oxygen atoms in total. The van der Waals surface area contributed by atoms with Gasteiger partial charge in [-0.25, -0.2) is 18.5 Å². The monoisotopic (exact) mass is 398 g/mol. The Hall–Kier alpha value is -2.71. The summed E-state index contributed by atoms with van der Waals surface area (Å²) in [7, 11) is -4.05. The van der Waals surface area contributed by atoms with Gasteiger partial charge in [0.2, 0.25) is 5.82 Å². The van der Waals surface area contributed by atoms with Gasteiger partial charge in [-0.15, -0.1) is 0 Å². The van der Waals surface area contributed by atoms with Gasteiger partial charge in [0.05, 0.1) is 5.52 Å². The minimum absolute atomic E-state index is 0.0569. The average molecular weight is 398 g/mol. The standard InChI is InChI=1S/C20H22N4O3S/c1-20(2)12-15(14-8-4-3-5-9-14)13-24(20)19(25)17-22-18(28(21,26)27)16-10-6-7-11-23(16)17/h3-11,15H,12-13H2,1-2H3,(H2,21,26,27). The van der Waals surface area contributed by atoms with Gasteiger partial charge in [-0.1, -0.05) is 36.4 Å². The number of primary sulfonamides is 1. The highest BCUT2D eigenvalue weighted by molar-refractivity contribution is 7.89. The fraction of sp³-hybridized carbons (Fsp3) is 0.300. The van der Waals surface area contributed by atoms with Crippen LogP contribution in [0.1, 0.15) is 42.4 Å². The van der Waals surface area contributed by atoms with E-state index in [0.29, 0.717) is 12.1 Å². The van der Waals surface area contributed by atoms with Gasteiger partial charge >= 0.3 is 0 Å². The molecule has 3 heterocycles. The zero-order valence-corrected chi connectivity index (χ0v) is 16.6. The molecule has 2 aromatic heterocycles. The van der Waals surface area contributed by atoms with Crippen LogP contribution in [0.15, 0.2) is 59.8 Å². The number of likely N-dealkylation sites (tertiary alicyclic amines) is 1. The highest BCUT2D eigenvalue weighted by Gasteiger charge is 2.43. The van der Waals surface area contributed by atoms with Crippen LogP contribution in [-0.2, 0) is 10.0 Å². The van der Waals surface area contributed by atoms with Gasteiger partial charge in [0.1, 0.15) is 0 Å². The summed E-state index contributed by atoms with van der Waals surface area (Å²) in [5.41, 5.74) is 1.09. The molecule has 4 rings (SSSR count). The molecular weight excluding hydrogens is 376 g/mol. The second-order valence-electron chi connectivity index (χ2n) is 7.78. The second-order valence-corrected chi connectivity index (χ2v) is 9.26. The molecule has 0 saturated carbocycles. The minimum Gasteiger partial charge on any atom is -0.330 e. The SMILES string of the molecule is CC1(C)CC(c2ccccc2)CN1C(=O)c1nc(S(N)(=O)=O)c2ccccn12. The molecule has 1 fully saturated rings. The topological polar surface area (TPSA) is 97.8 Å². The van der Waals surface area contributed by atoms with Crippen LogP contribution in [0.2, 0.25) is 0 Å². The van der Waals surface area contributed by atoms with Crippen molar-refractivity contribution >= 4 is 21.4 Å². The first kappa shape index (κ1) is 18.6. The van der Waals surface area contributed by atoms with Crippen molar-refractivity contribution in [1.82, 2.24) is 14.3 Å². The Morgan fingerprint density at radius 3 is 2.50 bits per heavy atom. The first-order valence-electron chi connectivity index (χ1n) is 9.05. The normalized spacial score (nSPS) is 19.2. The molecule has 1 amide bonds. The van der Waals surface area contributed by atoms with E-state index in [2.05, 4.69) is 17.1 Å². The van der Waals surface area contributed by atoms with Gasteiger partial charge in [-0.3, -0.25) is 9.20 Å². The van der Waals surface area contributed by atoms with Gasteiger partial charge in [-0.2, -0.15) is 0 Å². The van der Waals surface area contributed by atoms with Gasteiger partial charge < -0.3 is 4.90 Å². The number of nitrogens with zero attached hydrogens (tertiary/aromatic N) is 3. The number of hydrogen-bond donors (Lipinski definition) is 1. The van der Waals surface area contributed by atoms with Gasteiger partial charge in [-0.05, 0) is 38.0 Å². The number of imidazole rings is 1. The van der Waals surface area contributed by atoms with Crippen molar-refractivity contribution in [1.29, 1.82) is 0 Å². The van der Waals surface area contributed by atoms with Crippen LogP contribution in [0, 0.1) is 0 Å². The Bertz CT molecular complexity index is 1150. The maximum atomic E-state index is 13.4. The molecular formula is C20H22N4O3S. The molecule has 0 aliphatic carbocycles. The number of carbonyl (C=O) groups excluding carboxylic acids is 1. The first-order chi connectivity index (χ1) is 13.2. The van der Waals surface area contributed by atoms with Crippen molar-refractivity contribution < 1.29 is 13.2 Å². The number of aromatic nitrogens is 2. The van der Waals surface area contributed by atoms with E-state index in [-0.39, 0.29) is 28.2 Å². The van der Waals surface area contributed by atoms with Crippen LogP contribution in [0.4, 0.5) is 0 Å². The molecule has 8 heteroatoms. The lowest BCUT2D eigenvalue weighted by atomic mass is 9.91. The predicted molar refractivity (Wildman–Crippen MR) is 105 cm³/mol. The summed E-state index contributed by atoms with van der Waals surface area (Å²) in [6.07, 6.45) is 2.44. The molecule has 0 bridgehead atoms. The lowest BCUT2D eigenvalue weighted by molar-refractivity contribution is 0.0637. The van der Waals surface area contributed by atoms with Gasteiger partial charge in [0.25, 0.3) is 15.9 Å². The van der Waals surface area contributed by atoms with Crippen molar-refractivity contribution in [3.63, 3.8) is 0 Å². The second kappa shape index (κ2) is 6.42. The summed E-state index contributed by atoms with van der Waals surface area (Å²) in [6, 6.07) is 15.1. The predicted octanol–water partition coefficient (Wildman–Crippen LogP) is 2.39. The summed E-state index contributed by atoms with van der Waals surface area (Å²) in [4.78, 5) is 19.3. The fourth-order valence-corrected chi connectivity index (χ4v) is 4.71. The highest BCUT2D eigenvalue weighted by Crippen LogP contribution is 2.39. The fourth-order valence-electron chi connectivity index (χ4n) is 4.04. The summed E-state index contributed by atoms with van der Waals surface area (Å²) in [5, 5.41) is 5.03. The minimum atomic E-state index is -4.05. The van der Waals surface area contributed by atoms with Crippen LogP contribution < -0.4 is 5.14 Å². The van der Waals surface area contributed by atoms with Crippen molar-refractivity contribution in [3.8, 4) is 0 Å². The van der Waals surface area contributed by atoms with Gasteiger partial charge in [0.15, 0.2) is 5.03 Å². The largest absolute Gasteiger partial charge is 0.330 e. The Morgan fingerprint density at radius 1 is 1.14 bits per heavy atom. The smallest absolute Gasteiger partial charge is 0.290 e. The van der Waals surface area contributed by atoms with E-state index < -0.39 is 10.0 Å². The zero-order chi connectivity index (χ0) is 20.1. The van der Waals surface area contributed by atoms with Crippen molar-refractivity contribution in [2.45, 2.75) is 36.8 Å². The maximum absolute atomic E-state index is 13.4. The Labute approximate surface area is 163 Å². The number of pyridine rings is 1. The van der Waals surface area contributed by atoms with Crippen LogP contribution in [-0.4, -0.2) is 40.7 Å². The number of sulfonamides is 1. The van der Waals surface area contributed by atoms with E-state index in [1.54, 1.807) is 29.3 Å². The molecule has 0 radical (unpaired) electrons. The molecule has 3 aromatic rings. The molecule has 146 valence electrons. The van der Waals surface area contributed by atoms with Crippen molar-refractivity contribution in [3.05, 3.63) is 66.1 Å². The van der Waals surface area contributed by atoms with E-state index in [9.17, 15) is 13.2 Å². The number of hydrogen-bond acceptors (Lipinski definition) is 4. The van der Waals surface area contributed by atoms with Gasteiger partial charge in [0, 0.05) is 24.2 Å². The molecule has 28 heavy (non-hydrogen) atoms. The van der Waals surface area contributed by atoms with Crippen LogP contribution >= 0.6 is 0 Å². The van der Waals surface area contributed by atoms with Crippen LogP contribution in [0.5, 0.6) is 0 Å². The van der Waals surface area contributed by atoms with Crippen molar-refractivity contribution in [2.24, 2.45) is 5.14 Å². The number of fused-ring (bicyclic) bond motifs is 1. The van der Waals surface area contributed by atoms with E-state index in [1.807, 2.05) is 32.0 Å². The van der Waals surface area contributed by atoms with Crippen molar-refractivity contribution in [2.75, 3.05) is 6.54 Å². The average Bonchev–Trinajstić information content (AvgIpc) is 3.19. The molecule has 1 aliphatic heterocycles. The Morgan fingerprint density at radius 2 is 1.82 bits per heavy atom. The van der Waals surface area contributed by atoms with E-state index in [1.165, 1.54) is 9.96 Å². The molecule has 0 spiro atoms. The van der Waals surface area contributed by atoms with E-state index in [0.717, 1.165) is 6.42 Å². The Balaban J connectivity index is 1.76. The first-order valence-corrected chi connectivity index (χ1v) is 10.6. The van der Waals surface area contributed by atoms with E-state index in [4.69, 9.17) is 5.14 Å². The van der Waals surface area contributed by atoms with Crippen LogP contribution in [0.25, 0.3) is 5.52 Å². The third-order valence-corrected chi connectivity index (χ3v) is 6.21. The number of amides is 1. The van der Waals surface area contributed by atoms with E-state index >= 15 is 0 Å². The molecule has 1 aliphatic rings. The third-order valence-electron chi connectivity index (χ3n) is 5.37. The number of benzene rings is 1. The summed E-state index contributed by atoms with van der Waals surface area (Å²) in [5.74, 6) is -0.0370. The maximum Gasteiger partial charge on any atom is 0.290 e. The summed E-state index contributed by atoms with van der Waals surface area (Å²) in [6.45, 7) is 4.58. The lowest BCUT2D eigenvalue weighted by Crippen LogP contribution is -2.43. The lowest BCUT2D eigenvalue weighted by Gasteiger charge is -2.30.